The van der Waals surface area contributed by atoms with Crippen molar-refractivity contribution in [1.82, 2.24) is 15.5 Å². The number of rotatable bonds is 5. The van der Waals surface area contributed by atoms with Gasteiger partial charge in [0.25, 0.3) is 0 Å². The van der Waals surface area contributed by atoms with Crippen LogP contribution in [0, 0.1) is 5.92 Å². The molecule has 1 aromatic heterocycles. The number of aryl methyl sites for hydroxylation is 1. The molecular weight excluding hydrogens is 386 g/mol. The van der Waals surface area contributed by atoms with E-state index in [1.165, 1.54) is 66.2 Å². The van der Waals surface area contributed by atoms with E-state index in [2.05, 4.69) is 58.1 Å². The highest BCUT2D eigenvalue weighted by Gasteiger charge is 2.32. The highest BCUT2D eigenvalue weighted by atomic mass is 16.9. The largest absolute Gasteiger partial charge is 0.370 e. The van der Waals surface area contributed by atoms with Crippen LogP contribution in [0.3, 0.4) is 0 Å². The number of aromatic amines is 1. The molecule has 2 aromatic carbocycles. The minimum Gasteiger partial charge on any atom is -0.370 e. The maximum atomic E-state index is 5.51. The quantitative estimate of drug-likeness (QED) is 0.578. The summed E-state index contributed by atoms with van der Waals surface area (Å²) in [6, 6.07) is 13.5. The zero-order valence-electron chi connectivity index (χ0n) is 18.0. The monoisotopic (exact) mass is 417 g/mol. The average Bonchev–Trinajstić information content (AvgIpc) is 3.44. The van der Waals surface area contributed by atoms with Gasteiger partial charge in [-0.1, -0.05) is 37.5 Å². The third-order valence-corrected chi connectivity index (χ3v) is 7.56. The van der Waals surface area contributed by atoms with E-state index in [1.54, 1.807) is 0 Å². The average molecular weight is 418 g/mol. The molecule has 0 saturated heterocycles. The minimum atomic E-state index is 0.425. The molecule has 0 radical (unpaired) electrons. The number of H-pyrrole nitrogens is 1. The van der Waals surface area contributed by atoms with Gasteiger partial charge in [-0.3, -0.25) is 4.90 Å². The van der Waals surface area contributed by atoms with Crippen LogP contribution < -0.4 is 15.3 Å². The maximum Gasteiger partial charge on any atom is 0.196 e. The number of hydrogen-bond acceptors (Lipinski definition) is 4. The lowest BCUT2D eigenvalue weighted by Gasteiger charge is -2.40. The summed E-state index contributed by atoms with van der Waals surface area (Å²) in [6.07, 6.45) is 12.5. The maximum absolute atomic E-state index is 5.51. The van der Waals surface area contributed by atoms with Crippen LogP contribution in [0.15, 0.2) is 42.6 Å². The van der Waals surface area contributed by atoms with Crippen molar-refractivity contribution in [2.45, 2.75) is 57.4 Å². The molecule has 31 heavy (non-hydrogen) atoms. The number of benzene rings is 2. The predicted octanol–water partition coefficient (Wildman–Crippen LogP) is 5.47. The van der Waals surface area contributed by atoms with E-state index in [0.29, 0.717) is 6.04 Å². The Morgan fingerprint density at radius 3 is 2.74 bits per heavy atom. The van der Waals surface area contributed by atoms with Gasteiger partial charge in [-0.05, 0) is 72.9 Å². The zero-order valence-corrected chi connectivity index (χ0v) is 18.0. The molecule has 3 aromatic rings. The first-order chi connectivity index (χ1) is 15.3. The third kappa shape index (κ3) is 3.70. The van der Waals surface area contributed by atoms with E-state index < -0.39 is 0 Å². The Morgan fingerprint density at radius 2 is 1.84 bits per heavy atom. The summed E-state index contributed by atoms with van der Waals surface area (Å²) in [6.45, 7) is 2.36. The fraction of sp³-hybridized carbons (Fsp3) is 0.462. The van der Waals surface area contributed by atoms with Crippen molar-refractivity contribution >= 4 is 10.9 Å². The topological polar surface area (TPSA) is 49.5 Å². The van der Waals surface area contributed by atoms with Crippen LogP contribution in [-0.2, 0) is 12.8 Å². The van der Waals surface area contributed by atoms with E-state index in [0.717, 1.165) is 43.2 Å². The van der Waals surface area contributed by atoms with Gasteiger partial charge >= 0.3 is 0 Å². The second-order valence-corrected chi connectivity index (χ2v) is 9.45. The van der Waals surface area contributed by atoms with Gasteiger partial charge in [0.1, 0.15) is 0 Å². The van der Waals surface area contributed by atoms with E-state index in [1.807, 2.05) is 0 Å². The molecule has 5 nitrogen and oxygen atoms in total. The fourth-order valence-corrected chi connectivity index (χ4v) is 5.92. The number of nitrogens with zero attached hydrogens (tertiary/aromatic N) is 1. The van der Waals surface area contributed by atoms with Crippen molar-refractivity contribution in [1.29, 1.82) is 0 Å². The molecule has 1 saturated carbocycles. The molecule has 2 N–H and O–H groups in total. The summed E-state index contributed by atoms with van der Waals surface area (Å²) >= 11 is 0. The first kappa shape index (κ1) is 19.2. The first-order valence-electron chi connectivity index (χ1n) is 11.9. The predicted molar refractivity (Wildman–Crippen MR) is 122 cm³/mol. The van der Waals surface area contributed by atoms with Crippen LogP contribution >= 0.6 is 0 Å². The summed E-state index contributed by atoms with van der Waals surface area (Å²) in [5.74, 6) is 2.48. The molecule has 2 aliphatic heterocycles. The van der Waals surface area contributed by atoms with Gasteiger partial charge in [0.05, 0.1) is 0 Å². The molecule has 5 heteroatoms. The Kier molecular flexibility index (Phi) is 5.09. The lowest BCUT2D eigenvalue weighted by atomic mass is 9.85. The van der Waals surface area contributed by atoms with Crippen molar-refractivity contribution < 1.29 is 9.68 Å². The number of aromatic nitrogens is 1. The van der Waals surface area contributed by atoms with Gasteiger partial charge in [-0.15, -0.1) is 0 Å². The molecular formula is C26H31N3O2. The van der Waals surface area contributed by atoms with Crippen LogP contribution in [0.1, 0.15) is 61.3 Å². The Bertz CT molecular complexity index is 1070. The summed E-state index contributed by atoms with van der Waals surface area (Å²) in [4.78, 5) is 17.1. The van der Waals surface area contributed by atoms with E-state index in [9.17, 15) is 0 Å². The normalized spacial score (nSPS) is 21.5. The van der Waals surface area contributed by atoms with Crippen molar-refractivity contribution in [2.75, 3.05) is 13.1 Å². The van der Waals surface area contributed by atoms with Crippen LogP contribution in [-0.4, -0.2) is 23.0 Å². The Hall–Kier alpha value is -2.50. The Labute approximate surface area is 183 Å². The third-order valence-electron chi connectivity index (χ3n) is 7.56. The molecule has 0 spiro atoms. The van der Waals surface area contributed by atoms with Crippen molar-refractivity contribution in [3.63, 3.8) is 0 Å². The summed E-state index contributed by atoms with van der Waals surface area (Å²) < 4.78 is 0. The second-order valence-electron chi connectivity index (χ2n) is 9.45. The summed E-state index contributed by atoms with van der Waals surface area (Å²) in [7, 11) is 0. The number of hydrogen-bond donors (Lipinski definition) is 2. The summed E-state index contributed by atoms with van der Waals surface area (Å²) in [5, 5.41) is 1.35. The number of fused-ring (bicyclic) bond motifs is 3. The SMILES string of the molecule is c1ccc2c(CC[C@@H]3c4cc5c(cc4CCN3CC3CCCCC3)ONO5)c[nH]c2c1. The molecule has 1 fully saturated rings. The smallest absolute Gasteiger partial charge is 0.196 e. The number of para-hydroxylation sites is 1. The highest BCUT2D eigenvalue weighted by Crippen LogP contribution is 2.42. The van der Waals surface area contributed by atoms with Crippen molar-refractivity contribution in [3.8, 4) is 11.5 Å². The standard InChI is InChI=1S/C26H31N3O2/c1-2-6-18(7-3-1)17-29-13-12-19-14-25-26(31-28-30-25)15-22(19)24(29)11-10-20-16-27-23-9-5-4-8-21(20)23/h4-5,8-9,14-16,18,24,27-28H,1-3,6-7,10-13,17H2/t24-/m1/s1. The van der Waals surface area contributed by atoms with E-state index in [4.69, 9.17) is 9.68 Å². The Morgan fingerprint density at radius 1 is 1.00 bits per heavy atom. The minimum absolute atomic E-state index is 0.425. The first-order valence-corrected chi connectivity index (χ1v) is 11.9. The second kappa shape index (κ2) is 8.21. The highest BCUT2D eigenvalue weighted by molar-refractivity contribution is 5.83. The molecule has 3 aliphatic rings. The van der Waals surface area contributed by atoms with Crippen molar-refractivity contribution in [2.24, 2.45) is 5.92 Å². The van der Waals surface area contributed by atoms with Gasteiger partial charge in [0, 0.05) is 41.9 Å². The van der Waals surface area contributed by atoms with Gasteiger partial charge in [0.15, 0.2) is 11.5 Å². The molecule has 0 unspecified atom stereocenters. The molecule has 0 amide bonds. The molecule has 3 heterocycles. The van der Waals surface area contributed by atoms with Crippen LogP contribution in [0.5, 0.6) is 11.5 Å². The molecule has 162 valence electrons. The lowest BCUT2D eigenvalue weighted by molar-refractivity contribution is 0.0259. The lowest BCUT2D eigenvalue weighted by Crippen LogP contribution is -2.39. The molecule has 1 aliphatic carbocycles. The molecule has 0 bridgehead atoms. The van der Waals surface area contributed by atoms with E-state index >= 15 is 0 Å². The Balaban J connectivity index is 1.29. The van der Waals surface area contributed by atoms with Gasteiger partial charge in [-0.25, -0.2) is 0 Å². The van der Waals surface area contributed by atoms with Gasteiger partial charge < -0.3 is 14.7 Å². The molecule has 6 rings (SSSR count). The van der Waals surface area contributed by atoms with Gasteiger partial charge in [-0.2, -0.15) is 0 Å². The zero-order chi connectivity index (χ0) is 20.6. The summed E-state index contributed by atoms with van der Waals surface area (Å²) in [5.41, 5.74) is 8.05. The van der Waals surface area contributed by atoms with Crippen LogP contribution in [0.2, 0.25) is 0 Å². The van der Waals surface area contributed by atoms with Gasteiger partial charge in [0.2, 0.25) is 0 Å². The van der Waals surface area contributed by atoms with Crippen molar-refractivity contribution in [3.05, 3.63) is 59.3 Å². The van der Waals surface area contributed by atoms with Crippen LogP contribution in [0.4, 0.5) is 0 Å². The number of nitrogens with one attached hydrogen (secondary N) is 2. The van der Waals surface area contributed by atoms with Crippen LogP contribution in [0.25, 0.3) is 10.9 Å². The van der Waals surface area contributed by atoms with E-state index in [-0.39, 0.29) is 0 Å². The molecule has 1 atom stereocenters. The fourth-order valence-electron chi connectivity index (χ4n) is 5.92.